The van der Waals surface area contributed by atoms with Gasteiger partial charge in [-0.15, -0.1) is 0 Å². The van der Waals surface area contributed by atoms with Gasteiger partial charge in [-0.1, -0.05) is 25.5 Å². The van der Waals surface area contributed by atoms with Gasteiger partial charge in [-0.25, -0.2) is 4.79 Å². The molecule has 0 heterocycles. The van der Waals surface area contributed by atoms with E-state index in [2.05, 4.69) is 6.92 Å². The average Bonchev–Trinajstić information content (AvgIpc) is 2.74. The summed E-state index contributed by atoms with van der Waals surface area (Å²) in [4.78, 5) is 11.8. The van der Waals surface area contributed by atoms with Gasteiger partial charge < -0.3 is 9.47 Å². The summed E-state index contributed by atoms with van der Waals surface area (Å²) in [6.07, 6.45) is 5.40. The van der Waals surface area contributed by atoms with Crippen LogP contribution in [-0.4, -0.2) is 40.7 Å². The summed E-state index contributed by atoms with van der Waals surface area (Å²) < 4.78 is 10.8. The van der Waals surface area contributed by atoms with Crippen LogP contribution in [-0.2, 0) is 9.47 Å². The van der Waals surface area contributed by atoms with Gasteiger partial charge in [0.05, 0.1) is 12.1 Å². The van der Waals surface area contributed by atoms with Crippen LogP contribution in [0.2, 0.25) is 0 Å². The lowest BCUT2D eigenvalue weighted by Crippen LogP contribution is -2.45. The number of hydrogen-bond acceptors (Lipinski definition) is 4. The third-order valence-electron chi connectivity index (χ3n) is 2.79. The highest BCUT2D eigenvalue weighted by Crippen LogP contribution is 2.21. The molecule has 19 heavy (non-hydrogen) atoms. The molecule has 0 radical (unpaired) electrons. The van der Waals surface area contributed by atoms with E-state index in [1.54, 1.807) is 20.8 Å². The number of hydrogen-bond donors (Lipinski definition) is 1. The highest BCUT2D eigenvalue weighted by molar-refractivity contribution is 5.67. The Morgan fingerprint density at radius 1 is 1.47 bits per heavy atom. The van der Waals surface area contributed by atoms with Crippen molar-refractivity contribution in [2.75, 3.05) is 6.61 Å². The lowest BCUT2D eigenvalue weighted by molar-refractivity contribution is -0.141. The van der Waals surface area contributed by atoms with Crippen molar-refractivity contribution in [2.24, 2.45) is 0 Å². The summed E-state index contributed by atoms with van der Waals surface area (Å²) >= 11 is 0. The van der Waals surface area contributed by atoms with Gasteiger partial charge in [-0.3, -0.25) is 5.21 Å². The van der Waals surface area contributed by atoms with Crippen molar-refractivity contribution < 1.29 is 19.5 Å². The molecule has 0 bridgehead atoms. The molecule has 0 aromatic heterocycles. The van der Waals surface area contributed by atoms with Crippen molar-refractivity contribution in [3.63, 3.8) is 0 Å². The molecule has 0 aliphatic heterocycles. The second-order valence-corrected chi connectivity index (χ2v) is 5.75. The van der Waals surface area contributed by atoms with Gasteiger partial charge in [0.25, 0.3) is 0 Å². The van der Waals surface area contributed by atoms with Crippen LogP contribution in [0.25, 0.3) is 0 Å². The molecule has 2 atom stereocenters. The zero-order chi connectivity index (χ0) is 14.5. The molecule has 1 aliphatic carbocycles. The zero-order valence-corrected chi connectivity index (χ0v) is 12.3. The molecule has 0 aromatic rings. The second kappa shape index (κ2) is 6.91. The highest BCUT2D eigenvalue weighted by atomic mass is 16.6. The maximum absolute atomic E-state index is 11.8. The standard InChI is InChI=1S/C14H25NO4/c1-5-6-10-18-12-9-7-8-11(12)15(17)13(16)19-14(2,3)4/h7,9,11-12,17H,5-6,8,10H2,1-4H3/t11-,12+/m1/s1. The van der Waals surface area contributed by atoms with Crippen LogP contribution < -0.4 is 0 Å². The minimum atomic E-state index is -0.731. The topological polar surface area (TPSA) is 59.0 Å². The first-order valence-electron chi connectivity index (χ1n) is 6.84. The summed E-state index contributed by atoms with van der Waals surface area (Å²) in [6.45, 7) is 8.01. The highest BCUT2D eigenvalue weighted by Gasteiger charge is 2.34. The van der Waals surface area contributed by atoms with Crippen LogP contribution in [0.4, 0.5) is 4.79 Å². The minimum absolute atomic E-state index is 0.260. The first-order valence-corrected chi connectivity index (χ1v) is 6.84. The fraction of sp³-hybridized carbons (Fsp3) is 0.786. The molecule has 0 saturated heterocycles. The maximum atomic E-state index is 11.8. The van der Waals surface area contributed by atoms with E-state index in [1.807, 2.05) is 12.2 Å². The Labute approximate surface area is 115 Å². The van der Waals surface area contributed by atoms with E-state index in [1.165, 1.54) is 0 Å². The number of amides is 1. The predicted molar refractivity (Wildman–Crippen MR) is 72.1 cm³/mol. The molecule has 0 unspecified atom stereocenters. The van der Waals surface area contributed by atoms with Gasteiger partial charge in [0.15, 0.2) is 0 Å². The molecular formula is C14H25NO4. The first kappa shape index (κ1) is 16.0. The Balaban J connectivity index is 2.51. The largest absolute Gasteiger partial charge is 0.442 e. The smallest absolute Gasteiger partial charge is 0.434 e. The number of nitrogens with zero attached hydrogens (tertiary/aromatic N) is 1. The van der Waals surface area contributed by atoms with Crippen molar-refractivity contribution >= 4 is 6.09 Å². The monoisotopic (exact) mass is 271 g/mol. The molecule has 1 amide bonds. The van der Waals surface area contributed by atoms with Gasteiger partial charge in [0.1, 0.15) is 5.60 Å². The summed E-state index contributed by atoms with van der Waals surface area (Å²) in [5, 5.41) is 10.6. The van der Waals surface area contributed by atoms with E-state index in [0.29, 0.717) is 18.1 Å². The lowest BCUT2D eigenvalue weighted by Gasteiger charge is -2.29. The molecule has 0 saturated carbocycles. The van der Waals surface area contributed by atoms with Crippen molar-refractivity contribution in [1.29, 1.82) is 0 Å². The van der Waals surface area contributed by atoms with Crippen LogP contribution in [0.5, 0.6) is 0 Å². The summed E-state index contributed by atoms with van der Waals surface area (Å²) in [5.41, 5.74) is -0.622. The van der Waals surface area contributed by atoms with E-state index in [4.69, 9.17) is 9.47 Å². The minimum Gasteiger partial charge on any atom is -0.442 e. The third-order valence-corrected chi connectivity index (χ3v) is 2.79. The maximum Gasteiger partial charge on any atom is 0.434 e. The van der Waals surface area contributed by atoms with Crippen molar-refractivity contribution in [1.82, 2.24) is 5.06 Å². The van der Waals surface area contributed by atoms with Gasteiger partial charge in [0, 0.05) is 6.61 Å². The normalized spacial score (nSPS) is 22.6. The van der Waals surface area contributed by atoms with Crippen LogP contribution in [0, 0.1) is 0 Å². The van der Waals surface area contributed by atoms with E-state index < -0.39 is 17.7 Å². The number of carbonyl (C=O) groups is 1. The molecular weight excluding hydrogens is 246 g/mol. The van der Waals surface area contributed by atoms with Crippen molar-refractivity contribution in [3.8, 4) is 0 Å². The van der Waals surface area contributed by atoms with Crippen LogP contribution >= 0.6 is 0 Å². The second-order valence-electron chi connectivity index (χ2n) is 5.75. The number of unbranched alkanes of at least 4 members (excludes halogenated alkanes) is 1. The Bertz CT molecular complexity index is 322. The quantitative estimate of drug-likeness (QED) is 0.361. The molecule has 0 spiro atoms. The van der Waals surface area contributed by atoms with E-state index in [9.17, 15) is 10.0 Å². The molecule has 110 valence electrons. The Kier molecular flexibility index (Phi) is 5.82. The van der Waals surface area contributed by atoms with Crippen LogP contribution in [0.3, 0.4) is 0 Å². The SMILES string of the molecule is CCCCO[C@H]1C=CC[C@H]1N(O)C(=O)OC(C)(C)C. The Hall–Kier alpha value is -1.07. The van der Waals surface area contributed by atoms with Crippen LogP contribution in [0.1, 0.15) is 47.0 Å². The molecule has 1 N–H and O–H groups in total. The summed E-state index contributed by atoms with van der Waals surface area (Å²) in [6, 6.07) is -0.397. The molecule has 5 nitrogen and oxygen atoms in total. The Morgan fingerprint density at radius 3 is 2.74 bits per heavy atom. The third kappa shape index (κ3) is 5.20. The summed E-state index contributed by atoms with van der Waals surface area (Å²) in [5.74, 6) is 0. The average molecular weight is 271 g/mol. The number of ether oxygens (including phenoxy) is 2. The van der Waals surface area contributed by atoms with E-state index in [0.717, 1.165) is 12.8 Å². The molecule has 1 aliphatic rings. The van der Waals surface area contributed by atoms with Gasteiger partial charge in [0.2, 0.25) is 0 Å². The van der Waals surface area contributed by atoms with Gasteiger partial charge in [-0.05, 0) is 33.6 Å². The summed E-state index contributed by atoms with van der Waals surface area (Å²) in [7, 11) is 0. The van der Waals surface area contributed by atoms with Crippen molar-refractivity contribution in [2.45, 2.75) is 64.7 Å². The number of carbonyl (C=O) groups excluding carboxylic acids is 1. The molecule has 5 heteroatoms. The molecule has 0 aromatic carbocycles. The molecule has 0 fully saturated rings. The lowest BCUT2D eigenvalue weighted by atomic mass is 10.2. The van der Waals surface area contributed by atoms with Crippen LogP contribution in [0.15, 0.2) is 12.2 Å². The van der Waals surface area contributed by atoms with E-state index >= 15 is 0 Å². The Morgan fingerprint density at radius 2 is 2.16 bits per heavy atom. The number of hydroxylamine groups is 2. The van der Waals surface area contributed by atoms with Gasteiger partial charge in [-0.2, -0.15) is 5.06 Å². The van der Waals surface area contributed by atoms with Crippen molar-refractivity contribution in [3.05, 3.63) is 12.2 Å². The first-order chi connectivity index (χ1) is 8.85. The molecule has 1 rings (SSSR count). The van der Waals surface area contributed by atoms with E-state index in [-0.39, 0.29) is 6.10 Å². The zero-order valence-electron chi connectivity index (χ0n) is 12.3. The predicted octanol–water partition coefficient (Wildman–Crippen LogP) is 3.13. The fourth-order valence-electron chi connectivity index (χ4n) is 1.83. The fourth-order valence-corrected chi connectivity index (χ4v) is 1.83. The van der Waals surface area contributed by atoms with Gasteiger partial charge >= 0.3 is 6.09 Å². The number of rotatable bonds is 5.